The summed E-state index contributed by atoms with van der Waals surface area (Å²) >= 11 is 0. The van der Waals surface area contributed by atoms with Crippen LogP contribution in [0.1, 0.15) is 75.5 Å². The van der Waals surface area contributed by atoms with Crippen molar-refractivity contribution >= 4 is 28.4 Å². The summed E-state index contributed by atoms with van der Waals surface area (Å²) in [6.45, 7) is 15.8. The van der Waals surface area contributed by atoms with Crippen LogP contribution >= 0.6 is 0 Å². The Bertz CT molecular complexity index is 1510. The number of fused-ring (bicyclic) bond motifs is 4. The number of carboxylic acid groups (broad SMARTS) is 1. The SMILES string of the molecule is C/C=c1\ccc2c3c(ccc2c1)=C(c1ccccc1C(=O)O)c1ccc(O)c(C)c1O3.CC.CC.CC. The largest absolute Gasteiger partial charge is 0.508 e. The Labute approximate surface area is 220 Å². The summed E-state index contributed by atoms with van der Waals surface area (Å²) in [4.78, 5) is 12.0. The van der Waals surface area contributed by atoms with E-state index in [2.05, 4.69) is 6.07 Å². The number of phenolic OH excluding ortho intramolecular Hbond substituents is 1. The lowest BCUT2D eigenvalue weighted by atomic mass is 9.88. The van der Waals surface area contributed by atoms with Gasteiger partial charge in [0.25, 0.3) is 0 Å². The summed E-state index contributed by atoms with van der Waals surface area (Å²) in [5.41, 5.74) is 2.99. The minimum Gasteiger partial charge on any atom is -0.508 e. The fourth-order valence-corrected chi connectivity index (χ4v) is 4.24. The van der Waals surface area contributed by atoms with E-state index in [0.717, 1.165) is 32.3 Å². The lowest BCUT2D eigenvalue weighted by Gasteiger charge is -2.25. The molecule has 0 amide bonds. The van der Waals surface area contributed by atoms with Gasteiger partial charge in [-0.1, -0.05) is 84.0 Å². The summed E-state index contributed by atoms with van der Waals surface area (Å²) in [7, 11) is 0. The molecule has 0 aromatic heterocycles. The number of carbonyl (C=O) groups is 1. The molecule has 0 aliphatic carbocycles. The number of carboxylic acids is 1. The van der Waals surface area contributed by atoms with Crippen molar-refractivity contribution in [1.82, 2.24) is 0 Å². The zero-order valence-electron chi connectivity index (χ0n) is 23.1. The number of phenols is 1. The van der Waals surface area contributed by atoms with E-state index >= 15 is 0 Å². The summed E-state index contributed by atoms with van der Waals surface area (Å²) in [6, 6.07) is 20.5. The maximum Gasteiger partial charge on any atom is 0.336 e. The van der Waals surface area contributed by atoms with E-state index in [9.17, 15) is 15.0 Å². The van der Waals surface area contributed by atoms with Gasteiger partial charge in [-0.15, -0.1) is 0 Å². The number of rotatable bonds is 2. The van der Waals surface area contributed by atoms with Gasteiger partial charge < -0.3 is 14.9 Å². The van der Waals surface area contributed by atoms with Crippen LogP contribution in [0.2, 0.25) is 0 Å². The number of hydrogen-bond donors (Lipinski definition) is 2. The topological polar surface area (TPSA) is 66.8 Å². The maximum atomic E-state index is 12.0. The normalized spacial score (nSPS) is 11.4. The van der Waals surface area contributed by atoms with Gasteiger partial charge in [0.1, 0.15) is 17.2 Å². The third-order valence-electron chi connectivity index (χ3n) is 5.87. The number of benzene rings is 4. The van der Waals surface area contributed by atoms with Crippen molar-refractivity contribution in [2.45, 2.75) is 55.4 Å². The second-order valence-corrected chi connectivity index (χ2v) is 7.63. The van der Waals surface area contributed by atoms with Crippen molar-refractivity contribution in [3.8, 4) is 17.2 Å². The molecule has 0 saturated carbocycles. The molecule has 4 aromatic carbocycles. The highest BCUT2D eigenvalue weighted by molar-refractivity contribution is 6.00. The highest BCUT2D eigenvalue weighted by Crippen LogP contribution is 2.43. The molecule has 4 heteroatoms. The molecule has 1 heterocycles. The average molecular weight is 499 g/mol. The summed E-state index contributed by atoms with van der Waals surface area (Å²) in [6.07, 6.45) is 2.04. The van der Waals surface area contributed by atoms with Crippen LogP contribution in [0.5, 0.6) is 17.2 Å². The summed E-state index contributed by atoms with van der Waals surface area (Å²) in [5.74, 6) is 0.353. The van der Waals surface area contributed by atoms with Crippen molar-refractivity contribution in [1.29, 1.82) is 0 Å². The molecular weight excluding hydrogens is 460 g/mol. The molecule has 2 N–H and O–H groups in total. The van der Waals surface area contributed by atoms with Gasteiger partial charge in [0.15, 0.2) is 0 Å². The van der Waals surface area contributed by atoms with Crippen molar-refractivity contribution in [3.63, 3.8) is 0 Å². The van der Waals surface area contributed by atoms with Gasteiger partial charge in [0.2, 0.25) is 0 Å². The van der Waals surface area contributed by atoms with E-state index in [4.69, 9.17) is 4.74 Å². The van der Waals surface area contributed by atoms with Crippen molar-refractivity contribution < 1.29 is 19.7 Å². The first-order chi connectivity index (χ1) is 18.0. The zero-order valence-corrected chi connectivity index (χ0v) is 23.1. The first-order valence-electron chi connectivity index (χ1n) is 13.1. The van der Waals surface area contributed by atoms with Gasteiger partial charge in [-0.2, -0.15) is 0 Å². The van der Waals surface area contributed by atoms with Crippen molar-refractivity contribution in [2.75, 3.05) is 0 Å². The van der Waals surface area contributed by atoms with E-state index in [0.29, 0.717) is 22.6 Å². The lowest BCUT2D eigenvalue weighted by molar-refractivity contribution is 0.0696. The van der Waals surface area contributed by atoms with Crippen LogP contribution in [-0.4, -0.2) is 16.2 Å². The first-order valence-corrected chi connectivity index (χ1v) is 13.1. The minimum atomic E-state index is -0.989. The fourth-order valence-electron chi connectivity index (χ4n) is 4.24. The van der Waals surface area contributed by atoms with E-state index < -0.39 is 5.97 Å². The Kier molecular flexibility index (Phi) is 10.5. The number of ether oxygens (including phenoxy) is 1. The second-order valence-electron chi connectivity index (χ2n) is 7.63. The van der Waals surface area contributed by atoms with Gasteiger partial charge >= 0.3 is 5.97 Å². The third-order valence-corrected chi connectivity index (χ3v) is 5.87. The molecule has 0 bridgehead atoms. The first kappa shape index (κ1) is 29.2. The summed E-state index contributed by atoms with van der Waals surface area (Å²) < 4.78 is 6.39. The predicted molar refractivity (Wildman–Crippen MR) is 155 cm³/mol. The Morgan fingerprint density at radius 1 is 0.811 bits per heavy atom. The Morgan fingerprint density at radius 3 is 2.14 bits per heavy atom. The molecule has 5 rings (SSSR count). The van der Waals surface area contributed by atoms with Crippen molar-refractivity contribution in [2.24, 2.45) is 0 Å². The molecule has 0 fully saturated rings. The van der Waals surface area contributed by atoms with Crippen LogP contribution in [-0.2, 0) is 0 Å². The van der Waals surface area contributed by atoms with Crippen LogP contribution in [0, 0.1) is 6.92 Å². The number of aromatic carboxylic acids is 1. The standard InChI is InChI=1S/C27H20O4.3C2H6/c1-3-16-8-10-18-17(14-16)9-11-22-24(19-6-4-5-7-20(19)27(29)30)21-12-13-23(28)15(2)25(21)31-26(18)22;3*1-2/h3-14,28H,1-2H3,(H,29,30);3*1-2H3/b16-3+;;;. The maximum absolute atomic E-state index is 12.0. The molecule has 0 spiro atoms. The number of aromatic hydroxyl groups is 1. The zero-order chi connectivity index (χ0) is 27.7. The van der Waals surface area contributed by atoms with Gasteiger partial charge in [0.05, 0.1) is 5.56 Å². The Hall–Kier alpha value is -4.05. The molecule has 4 nitrogen and oxygen atoms in total. The Balaban J connectivity index is 0.000000750. The van der Waals surface area contributed by atoms with E-state index in [1.54, 1.807) is 31.2 Å². The van der Waals surface area contributed by atoms with Crippen LogP contribution in [0.4, 0.5) is 0 Å². The minimum absolute atomic E-state index is 0.135. The quantitative estimate of drug-likeness (QED) is 0.261. The van der Waals surface area contributed by atoms with Crippen LogP contribution in [0.3, 0.4) is 0 Å². The molecule has 194 valence electrons. The predicted octanol–water partition coefficient (Wildman–Crippen LogP) is 7.78. The van der Waals surface area contributed by atoms with Gasteiger partial charge in [-0.25, -0.2) is 4.79 Å². The molecular formula is C33H38O4. The van der Waals surface area contributed by atoms with Crippen LogP contribution in [0.15, 0.2) is 66.7 Å². The second kappa shape index (κ2) is 13.3. The fraction of sp³-hybridized carbons (Fsp3) is 0.242. The molecule has 37 heavy (non-hydrogen) atoms. The number of hydrogen-bond acceptors (Lipinski definition) is 3. The molecule has 4 aromatic rings. The molecule has 0 atom stereocenters. The molecule has 1 aliphatic rings. The molecule has 1 aliphatic heterocycles. The van der Waals surface area contributed by atoms with Gasteiger partial charge in [-0.3, -0.25) is 0 Å². The lowest BCUT2D eigenvalue weighted by Crippen LogP contribution is -2.19. The smallest absolute Gasteiger partial charge is 0.336 e. The highest BCUT2D eigenvalue weighted by atomic mass is 16.5. The highest BCUT2D eigenvalue weighted by Gasteiger charge is 2.26. The third kappa shape index (κ3) is 5.54. The van der Waals surface area contributed by atoms with Crippen LogP contribution < -0.4 is 15.2 Å². The van der Waals surface area contributed by atoms with E-state index in [-0.39, 0.29) is 11.3 Å². The van der Waals surface area contributed by atoms with E-state index in [1.807, 2.05) is 90.9 Å². The molecule has 0 unspecified atom stereocenters. The van der Waals surface area contributed by atoms with Crippen molar-refractivity contribution in [3.05, 3.63) is 99.4 Å². The molecule has 0 radical (unpaired) electrons. The Morgan fingerprint density at radius 2 is 1.49 bits per heavy atom. The summed E-state index contributed by atoms with van der Waals surface area (Å²) in [5, 5.41) is 24.0. The van der Waals surface area contributed by atoms with E-state index in [1.165, 1.54) is 0 Å². The van der Waals surface area contributed by atoms with Crippen LogP contribution in [0.25, 0.3) is 22.4 Å². The van der Waals surface area contributed by atoms with Gasteiger partial charge in [-0.05, 0) is 60.3 Å². The monoisotopic (exact) mass is 498 g/mol. The average Bonchev–Trinajstić information content (AvgIpc) is 2.96. The molecule has 0 saturated heterocycles. The van der Waals surface area contributed by atoms with Gasteiger partial charge in [0, 0.05) is 27.3 Å².